The van der Waals surface area contributed by atoms with Gasteiger partial charge in [0.25, 0.3) is 17.6 Å². The van der Waals surface area contributed by atoms with E-state index in [0.29, 0.717) is 0 Å². The molecule has 1 aliphatic carbocycles. The summed E-state index contributed by atoms with van der Waals surface area (Å²) < 4.78 is 52.6. The van der Waals surface area contributed by atoms with Crippen molar-refractivity contribution in [2.45, 2.75) is 17.9 Å². The minimum Gasteiger partial charge on any atom is -0.284 e. The van der Waals surface area contributed by atoms with E-state index in [2.05, 4.69) is 0 Å². The highest BCUT2D eigenvalue weighted by atomic mass is 19.3. The summed E-state index contributed by atoms with van der Waals surface area (Å²) in [5.74, 6) is -14.1. The van der Waals surface area contributed by atoms with Crippen LogP contribution in [0.4, 0.5) is 17.6 Å². The Morgan fingerprint density at radius 1 is 0.882 bits per heavy atom. The molecule has 0 aliphatic heterocycles. The fourth-order valence-electron chi connectivity index (χ4n) is 1.63. The average molecular weight is 248 g/mol. The molecule has 1 saturated carbocycles. The molecular weight excluding hydrogens is 242 g/mol. The maximum Gasteiger partial charge on any atom is 0.382 e. The van der Waals surface area contributed by atoms with Crippen LogP contribution in [0.15, 0.2) is 30.6 Å². The predicted octanol–water partition coefficient (Wildman–Crippen LogP) is 0.938. The zero-order valence-corrected chi connectivity index (χ0v) is 8.24. The van der Waals surface area contributed by atoms with Crippen LogP contribution in [-0.4, -0.2) is 23.4 Å². The number of aromatic nitrogens is 1. The molecule has 0 spiro atoms. The number of hydrogen-bond donors (Lipinski definition) is 0. The smallest absolute Gasteiger partial charge is 0.284 e. The highest BCUT2D eigenvalue weighted by Crippen LogP contribution is 2.45. The quantitative estimate of drug-likeness (QED) is 0.421. The van der Waals surface area contributed by atoms with E-state index in [-0.39, 0.29) is 0 Å². The lowest BCUT2D eigenvalue weighted by atomic mass is 10.2. The van der Waals surface area contributed by atoms with Crippen molar-refractivity contribution in [1.29, 1.82) is 0 Å². The van der Waals surface area contributed by atoms with Gasteiger partial charge in [0, 0.05) is 12.1 Å². The van der Waals surface area contributed by atoms with Gasteiger partial charge in [0.15, 0.2) is 12.4 Å². The third kappa shape index (κ3) is 1.38. The molecule has 2 rings (SSSR count). The molecule has 0 radical (unpaired) electrons. The Balaban J connectivity index is 2.53. The van der Waals surface area contributed by atoms with Crippen LogP contribution in [0.25, 0.3) is 0 Å². The fourth-order valence-corrected chi connectivity index (χ4v) is 1.63. The van der Waals surface area contributed by atoms with E-state index in [0.717, 1.165) is 17.0 Å². The molecule has 0 unspecified atom stereocenters. The molecule has 1 aliphatic rings. The molecule has 0 atom stereocenters. The van der Waals surface area contributed by atoms with Gasteiger partial charge in [-0.25, -0.2) is 0 Å². The molecule has 3 nitrogen and oxygen atoms in total. The van der Waals surface area contributed by atoms with E-state index < -0.39 is 29.5 Å². The van der Waals surface area contributed by atoms with Crippen LogP contribution >= 0.6 is 0 Å². The Kier molecular flexibility index (Phi) is 2.30. The Morgan fingerprint density at radius 3 is 1.71 bits per heavy atom. The van der Waals surface area contributed by atoms with Gasteiger partial charge < -0.3 is 0 Å². The molecule has 90 valence electrons. The SMILES string of the molecule is O=C1C([n+]2ccccc2)C(=O)C(F)(F)C1(F)F. The highest BCUT2D eigenvalue weighted by molar-refractivity contribution is 6.17. The van der Waals surface area contributed by atoms with Crippen molar-refractivity contribution in [3.63, 3.8) is 0 Å². The number of halogens is 4. The number of alkyl halides is 4. The second-order valence-electron chi connectivity index (χ2n) is 3.60. The molecule has 0 aromatic carbocycles. The van der Waals surface area contributed by atoms with Gasteiger partial charge >= 0.3 is 11.8 Å². The normalized spacial score (nSPS) is 23.1. The standard InChI is InChI=1S/C10H6F4NO2/c11-9(12)7(16)6(8(17)10(9,13)14)15-4-2-1-3-5-15/h1-6H/q+1. The van der Waals surface area contributed by atoms with Crippen molar-refractivity contribution in [2.24, 2.45) is 0 Å². The van der Waals surface area contributed by atoms with Crippen LogP contribution in [-0.2, 0) is 9.59 Å². The zero-order valence-electron chi connectivity index (χ0n) is 8.24. The maximum absolute atomic E-state index is 13.0. The first kappa shape index (κ1) is 11.7. The van der Waals surface area contributed by atoms with E-state index in [4.69, 9.17) is 0 Å². The van der Waals surface area contributed by atoms with Gasteiger partial charge in [-0.1, -0.05) is 6.07 Å². The fraction of sp³-hybridized carbons (Fsp3) is 0.300. The summed E-state index contributed by atoms with van der Waals surface area (Å²) in [6.07, 6.45) is 2.22. The lowest BCUT2D eigenvalue weighted by molar-refractivity contribution is -0.695. The summed E-state index contributed by atoms with van der Waals surface area (Å²) in [5.41, 5.74) is 0. The molecular formula is C10H6F4NO2+. The maximum atomic E-state index is 13.0. The molecule has 0 N–H and O–H groups in total. The second kappa shape index (κ2) is 3.35. The second-order valence-corrected chi connectivity index (χ2v) is 3.60. The van der Waals surface area contributed by atoms with E-state index in [1.807, 2.05) is 0 Å². The van der Waals surface area contributed by atoms with Crippen molar-refractivity contribution >= 4 is 11.6 Å². The van der Waals surface area contributed by atoms with Crippen LogP contribution in [0.3, 0.4) is 0 Å². The Labute approximate surface area is 92.7 Å². The van der Waals surface area contributed by atoms with Crippen molar-refractivity contribution in [2.75, 3.05) is 0 Å². The third-order valence-corrected chi connectivity index (χ3v) is 2.55. The first-order chi connectivity index (χ1) is 7.80. The largest absolute Gasteiger partial charge is 0.382 e. The number of nitrogens with zero attached hydrogens (tertiary/aromatic N) is 1. The van der Waals surface area contributed by atoms with Crippen LogP contribution < -0.4 is 4.57 Å². The van der Waals surface area contributed by atoms with Crippen molar-refractivity contribution in [3.05, 3.63) is 30.6 Å². The third-order valence-electron chi connectivity index (χ3n) is 2.55. The molecule has 0 saturated heterocycles. The minimum absolute atomic E-state index is 0.749. The summed E-state index contributed by atoms with van der Waals surface area (Å²) in [5, 5.41) is 0. The van der Waals surface area contributed by atoms with Crippen LogP contribution in [0.1, 0.15) is 6.04 Å². The minimum atomic E-state index is -4.95. The topological polar surface area (TPSA) is 38.0 Å². The number of hydrogen-bond acceptors (Lipinski definition) is 2. The Bertz CT molecular complexity index is 460. The van der Waals surface area contributed by atoms with Gasteiger partial charge in [-0.05, 0) is 0 Å². The van der Waals surface area contributed by atoms with Crippen LogP contribution in [0.5, 0.6) is 0 Å². The number of ketones is 2. The van der Waals surface area contributed by atoms with Gasteiger partial charge in [-0.15, -0.1) is 0 Å². The van der Waals surface area contributed by atoms with E-state index >= 15 is 0 Å². The zero-order chi connectivity index (χ0) is 12.8. The highest BCUT2D eigenvalue weighted by Gasteiger charge is 2.79. The number of Topliss-reactive ketones (excluding diaryl/α,β-unsaturated/α-hetero) is 2. The van der Waals surface area contributed by atoms with E-state index in [1.165, 1.54) is 18.2 Å². The van der Waals surface area contributed by atoms with Gasteiger partial charge in [-0.2, -0.15) is 22.1 Å². The lowest BCUT2D eigenvalue weighted by Crippen LogP contribution is -2.46. The molecule has 1 fully saturated rings. The lowest BCUT2D eigenvalue weighted by Gasteiger charge is -2.12. The molecule has 17 heavy (non-hydrogen) atoms. The van der Waals surface area contributed by atoms with Gasteiger partial charge in [0.05, 0.1) is 0 Å². The summed E-state index contributed by atoms with van der Waals surface area (Å²) >= 11 is 0. The number of carbonyl (C=O) groups excluding carboxylic acids is 2. The molecule has 1 aromatic heterocycles. The molecule has 0 amide bonds. The van der Waals surface area contributed by atoms with Gasteiger partial charge in [0.1, 0.15) is 0 Å². The van der Waals surface area contributed by atoms with E-state index in [1.54, 1.807) is 0 Å². The number of carbonyl (C=O) groups is 2. The Morgan fingerprint density at radius 2 is 1.29 bits per heavy atom. The summed E-state index contributed by atoms with van der Waals surface area (Å²) in [6, 6.07) is 2.02. The molecule has 1 heterocycles. The van der Waals surface area contributed by atoms with Crippen molar-refractivity contribution < 1.29 is 31.7 Å². The van der Waals surface area contributed by atoms with Gasteiger partial charge in [-0.3, -0.25) is 9.59 Å². The first-order valence-corrected chi connectivity index (χ1v) is 4.60. The Hall–Kier alpha value is -1.79. The summed E-state index contributed by atoms with van der Waals surface area (Å²) in [7, 11) is 0. The summed E-state index contributed by atoms with van der Waals surface area (Å²) in [4.78, 5) is 22.4. The molecule has 7 heteroatoms. The van der Waals surface area contributed by atoms with Gasteiger partial charge in [0.2, 0.25) is 0 Å². The predicted molar refractivity (Wildman–Crippen MR) is 45.6 cm³/mol. The molecule has 0 bridgehead atoms. The van der Waals surface area contributed by atoms with Crippen LogP contribution in [0, 0.1) is 0 Å². The van der Waals surface area contributed by atoms with E-state index in [9.17, 15) is 27.2 Å². The van der Waals surface area contributed by atoms with Crippen molar-refractivity contribution in [3.8, 4) is 0 Å². The summed E-state index contributed by atoms with van der Waals surface area (Å²) in [6.45, 7) is 0. The monoisotopic (exact) mass is 248 g/mol. The van der Waals surface area contributed by atoms with Crippen molar-refractivity contribution in [1.82, 2.24) is 0 Å². The number of rotatable bonds is 1. The van der Waals surface area contributed by atoms with Crippen LogP contribution in [0.2, 0.25) is 0 Å². The number of pyridine rings is 1. The first-order valence-electron chi connectivity index (χ1n) is 4.60. The average Bonchev–Trinajstić information content (AvgIpc) is 2.40. The molecule has 1 aromatic rings.